The van der Waals surface area contributed by atoms with E-state index in [9.17, 15) is 9.59 Å². The Morgan fingerprint density at radius 3 is 2.62 bits per heavy atom. The number of nitrogens with zero attached hydrogens (tertiary/aromatic N) is 2. The first-order chi connectivity index (χ1) is 6.38. The third-order valence-corrected chi connectivity index (χ3v) is 3.43. The van der Waals surface area contributed by atoms with Crippen LogP contribution in [0.3, 0.4) is 0 Å². The van der Waals surface area contributed by atoms with Crippen LogP contribution in [0.15, 0.2) is 21.0 Å². The summed E-state index contributed by atoms with van der Waals surface area (Å²) in [6.45, 7) is 0.714. The summed E-state index contributed by atoms with van der Waals surface area (Å²) >= 11 is 0.244. The van der Waals surface area contributed by atoms with Crippen molar-refractivity contribution in [1.29, 1.82) is 0 Å². The van der Waals surface area contributed by atoms with Gasteiger partial charge in [0.1, 0.15) is 0 Å². The van der Waals surface area contributed by atoms with Crippen molar-refractivity contribution in [2.45, 2.75) is 13.1 Å². The minimum absolute atomic E-state index is 0.244. The van der Waals surface area contributed by atoms with E-state index in [1.807, 2.05) is 11.0 Å². The van der Waals surface area contributed by atoms with E-state index in [4.69, 9.17) is 0 Å². The average Bonchev–Trinajstić information content (AvgIpc) is 2.59. The second kappa shape index (κ2) is 5.41. The summed E-state index contributed by atoms with van der Waals surface area (Å²) in [6.07, 6.45) is 2.96. The van der Waals surface area contributed by atoms with Crippen LogP contribution in [0.4, 0.5) is 0 Å². The first kappa shape index (κ1) is 9.84. The van der Waals surface area contributed by atoms with Gasteiger partial charge in [0.05, 0.1) is 0 Å². The molecule has 0 aliphatic rings. The molecule has 0 saturated heterocycles. The molecule has 1 rings (SSSR count). The summed E-state index contributed by atoms with van der Waals surface area (Å²) in [5.74, 6) is 0. The van der Waals surface area contributed by atoms with Gasteiger partial charge >= 0.3 is 80.3 Å². The van der Waals surface area contributed by atoms with Gasteiger partial charge in [0.15, 0.2) is 0 Å². The standard InChI is InChI=1S/C8H6N2O2Se/c11-5-9-3-7-1-2-13-8(7)4-10-6-12/h1-2H,3-4H2. The van der Waals surface area contributed by atoms with E-state index in [1.54, 1.807) is 0 Å². The van der Waals surface area contributed by atoms with Crippen LogP contribution in [0, 0.1) is 0 Å². The number of hydrogen-bond acceptors (Lipinski definition) is 4. The van der Waals surface area contributed by atoms with Gasteiger partial charge in [-0.3, -0.25) is 0 Å². The fourth-order valence-electron chi connectivity index (χ4n) is 0.868. The van der Waals surface area contributed by atoms with Crippen molar-refractivity contribution in [1.82, 2.24) is 0 Å². The van der Waals surface area contributed by atoms with Crippen molar-refractivity contribution in [2.24, 2.45) is 9.98 Å². The SMILES string of the molecule is O=C=NCc1cc[se]c1CN=C=O. The number of hydrogen-bond donors (Lipinski definition) is 0. The maximum atomic E-state index is 9.87. The van der Waals surface area contributed by atoms with Crippen LogP contribution >= 0.6 is 0 Å². The Bertz CT molecular complexity index is 339. The van der Waals surface area contributed by atoms with Gasteiger partial charge in [-0.05, 0) is 0 Å². The zero-order valence-electron chi connectivity index (χ0n) is 6.69. The van der Waals surface area contributed by atoms with Crippen LogP contribution in [-0.2, 0) is 22.7 Å². The van der Waals surface area contributed by atoms with Gasteiger partial charge in [-0.15, -0.1) is 0 Å². The number of carbonyl (C=O) groups excluding carboxylic acids is 2. The molecule has 1 aromatic heterocycles. The van der Waals surface area contributed by atoms with Crippen LogP contribution in [0.2, 0.25) is 0 Å². The fourth-order valence-corrected chi connectivity index (χ4v) is 2.59. The molecule has 0 N–H and O–H groups in total. The second-order valence-corrected chi connectivity index (χ2v) is 4.28. The molecule has 1 aromatic rings. The van der Waals surface area contributed by atoms with Crippen molar-refractivity contribution in [3.8, 4) is 0 Å². The molecular weight excluding hydrogens is 235 g/mol. The van der Waals surface area contributed by atoms with Gasteiger partial charge in [-0.2, -0.15) is 0 Å². The van der Waals surface area contributed by atoms with Crippen molar-refractivity contribution in [2.75, 3.05) is 0 Å². The van der Waals surface area contributed by atoms with Gasteiger partial charge in [0.25, 0.3) is 0 Å². The van der Waals surface area contributed by atoms with Crippen molar-refractivity contribution >= 4 is 26.7 Å². The topological polar surface area (TPSA) is 58.9 Å². The fraction of sp³-hybridized carbons (Fsp3) is 0.250. The van der Waals surface area contributed by atoms with Crippen LogP contribution in [0.25, 0.3) is 0 Å². The molecule has 0 aliphatic carbocycles. The Balaban J connectivity index is 2.75. The first-order valence-corrected chi connectivity index (χ1v) is 5.35. The predicted octanol–water partition coefficient (Wildman–Crippen LogP) is 0.415. The van der Waals surface area contributed by atoms with Crippen LogP contribution in [0.5, 0.6) is 0 Å². The Kier molecular flexibility index (Phi) is 4.10. The van der Waals surface area contributed by atoms with E-state index < -0.39 is 0 Å². The minimum atomic E-state index is 0.244. The Morgan fingerprint density at radius 2 is 1.92 bits per heavy atom. The summed E-state index contributed by atoms with van der Waals surface area (Å²) < 4.78 is 1.08. The monoisotopic (exact) mass is 242 g/mol. The average molecular weight is 241 g/mol. The molecule has 0 atom stereocenters. The molecule has 0 unspecified atom stereocenters. The molecule has 0 aromatic carbocycles. The third-order valence-electron chi connectivity index (χ3n) is 1.44. The molecule has 0 aliphatic heterocycles. The van der Waals surface area contributed by atoms with E-state index in [-0.39, 0.29) is 14.5 Å². The zero-order valence-corrected chi connectivity index (χ0v) is 8.40. The van der Waals surface area contributed by atoms with Gasteiger partial charge in [-0.1, -0.05) is 0 Å². The van der Waals surface area contributed by atoms with Crippen LogP contribution < -0.4 is 0 Å². The summed E-state index contributed by atoms with van der Waals surface area (Å²) in [7, 11) is 0. The number of aliphatic imine (C=N–C) groups is 2. The normalized spacial score (nSPS) is 8.62. The summed E-state index contributed by atoms with van der Waals surface area (Å²) in [5.41, 5.74) is 0.974. The first-order valence-electron chi connectivity index (χ1n) is 3.51. The second-order valence-electron chi connectivity index (χ2n) is 2.18. The van der Waals surface area contributed by atoms with Crippen molar-refractivity contribution in [3.63, 3.8) is 0 Å². The van der Waals surface area contributed by atoms with Crippen molar-refractivity contribution < 1.29 is 9.59 Å². The predicted molar refractivity (Wildman–Crippen MR) is 47.0 cm³/mol. The molecule has 0 spiro atoms. The molecule has 0 fully saturated rings. The van der Waals surface area contributed by atoms with E-state index in [1.165, 1.54) is 12.2 Å². The molecular formula is C8H6N2O2Se. The Morgan fingerprint density at radius 1 is 1.23 bits per heavy atom. The van der Waals surface area contributed by atoms with Gasteiger partial charge in [-0.25, -0.2) is 0 Å². The number of rotatable bonds is 4. The molecule has 66 valence electrons. The molecule has 0 bridgehead atoms. The molecule has 5 heteroatoms. The molecule has 13 heavy (non-hydrogen) atoms. The molecule has 1 heterocycles. The summed E-state index contributed by atoms with van der Waals surface area (Å²) in [6, 6.07) is 1.91. The third kappa shape index (κ3) is 2.94. The van der Waals surface area contributed by atoms with E-state index in [0.29, 0.717) is 13.1 Å². The van der Waals surface area contributed by atoms with E-state index >= 15 is 0 Å². The number of isocyanates is 2. The van der Waals surface area contributed by atoms with E-state index in [2.05, 4.69) is 9.98 Å². The van der Waals surface area contributed by atoms with Gasteiger partial charge < -0.3 is 0 Å². The van der Waals surface area contributed by atoms with Crippen LogP contribution in [0.1, 0.15) is 10.0 Å². The maximum absolute atomic E-state index is 9.87. The molecule has 4 nitrogen and oxygen atoms in total. The summed E-state index contributed by atoms with van der Waals surface area (Å²) in [4.78, 5) is 28.7. The molecule has 0 amide bonds. The van der Waals surface area contributed by atoms with Gasteiger partial charge in [0, 0.05) is 0 Å². The van der Waals surface area contributed by atoms with Gasteiger partial charge in [0.2, 0.25) is 0 Å². The zero-order chi connectivity index (χ0) is 9.52. The van der Waals surface area contributed by atoms with E-state index in [0.717, 1.165) is 10.0 Å². The molecule has 0 saturated carbocycles. The molecule has 0 radical (unpaired) electrons. The Labute approximate surface area is 80.8 Å². The van der Waals surface area contributed by atoms with Crippen LogP contribution in [-0.4, -0.2) is 26.7 Å². The van der Waals surface area contributed by atoms with Crippen molar-refractivity contribution in [3.05, 3.63) is 21.0 Å². The summed E-state index contributed by atoms with van der Waals surface area (Å²) in [5, 5.41) is 0. The quantitative estimate of drug-likeness (QED) is 0.435. The Hall–Kier alpha value is -1.24.